The Labute approximate surface area is 118 Å². The van der Waals surface area contributed by atoms with Crippen LogP contribution in [-0.2, 0) is 11.2 Å². The first-order valence-electron chi connectivity index (χ1n) is 7.41. The highest BCUT2D eigenvalue weighted by Crippen LogP contribution is 2.14. The third-order valence-electron chi connectivity index (χ3n) is 3.14. The maximum atomic E-state index is 5.74. The van der Waals surface area contributed by atoms with Crippen molar-refractivity contribution < 1.29 is 9.47 Å². The van der Waals surface area contributed by atoms with Gasteiger partial charge in [0.2, 0.25) is 0 Å². The molecule has 0 aromatic heterocycles. The Kier molecular flexibility index (Phi) is 7.57. The fourth-order valence-electron chi connectivity index (χ4n) is 1.62. The van der Waals surface area contributed by atoms with Gasteiger partial charge in [0.1, 0.15) is 5.75 Å². The molecule has 0 radical (unpaired) electrons. The molecule has 1 rings (SSSR count). The molecule has 19 heavy (non-hydrogen) atoms. The van der Waals surface area contributed by atoms with Gasteiger partial charge in [0.25, 0.3) is 0 Å². The molecule has 108 valence electrons. The minimum absolute atomic E-state index is 0.608. The van der Waals surface area contributed by atoms with E-state index >= 15 is 0 Å². The van der Waals surface area contributed by atoms with E-state index in [1.807, 2.05) is 0 Å². The third-order valence-corrected chi connectivity index (χ3v) is 3.14. The van der Waals surface area contributed by atoms with Gasteiger partial charge in [0.15, 0.2) is 0 Å². The van der Waals surface area contributed by atoms with E-state index in [0.717, 1.165) is 38.4 Å². The number of rotatable bonds is 9. The van der Waals surface area contributed by atoms with Crippen molar-refractivity contribution in [3.63, 3.8) is 0 Å². The van der Waals surface area contributed by atoms with E-state index in [1.165, 1.54) is 5.56 Å². The number of hydrogen-bond donors (Lipinski definition) is 0. The van der Waals surface area contributed by atoms with Crippen LogP contribution < -0.4 is 4.74 Å². The van der Waals surface area contributed by atoms with E-state index in [1.54, 1.807) is 0 Å². The fraction of sp³-hybridized carbons (Fsp3) is 0.647. The average Bonchev–Trinajstić information content (AvgIpc) is 2.42. The molecule has 1 atom stereocenters. The highest BCUT2D eigenvalue weighted by atomic mass is 16.5. The van der Waals surface area contributed by atoms with Crippen LogP contribution in [0.1, 0.15) is 39.7 Å². The molecule has 0 heterocycles. The molecule has 1 aromatic carbocycles. The summed E-state index contributed by atoms with van der Waals surface area (Å²) in [6.07, 6.45) is 2.13. The van der Waals surface area contributed by atoms with Gasteiger partial charge in [0, 0.05) is 6.61 Å². The summed E-state index contributed by atoms with van der Waals surface area (Å²) in [5.41, 5.74) is 1.31. The van der Waals surface area contributed by atoms with Crippen molar-refractivity contribution in [2.24, 2.45) is 11.8 Å². The monoisotopic (exact) mass is 264 g/mol. The second-order valence-corrected chi connectivity index (χ2v) is 5.69. The van der Waals surface area contributed by atoms with Gasteiger partial charge in [-0.05, 0) is 36.0 Å². The summed E-state index contributed by atoms with van der Waals surface area (Å²) in [5.74, 6) is 2.19. The van der Waals surface area contributed by atoms with E-state index in [-0.39, 0.29) is 0 Å². The van der Waals surface area contributed by atoms with Gasteiger partial charge in [0.05, 0.1) is 13.2 Å². The van der Waals surface area contributed by atoms with E-state index in [0.29, 0.717) is 11.8 Å². The van der Waals surface area contributed by atoms with E-state index in [2.05, 4.69) is 52.0 Å². The largest absolute Gasteiger partial charge is 0.493 e. The first-order chi connectivity index (χ1) is 9.11. The van der Waals surface area contributed by atoms with E-state index < -0.39 is 0 Å². The van der Waals surface area contributed by atoms with Crippen LogP contribution in [0.15, 0.2) is 24.3 Å². The molecule has 0 amide bonds. The fourth-order valence-corrected chi connectivity index (χ4v) is 1.62. The lowest BCUT2D eigenvalue weighted by molar-refractivity contribution is 0.112. The van der Waals surface area contributed by atoms with Crippen LogP contribution in [0.3, 0.4) is 0 Å². The van der Waals surface area contributed by atoms with Crippen molar-refractivity contribution in [3.05, 3.63) is 29.8 Å². The van der Waals surface area contributed by atoms with Crippen molar-refractivity contribution in [3.8, 4) is 5.75 Å². The zero-order chi connectivity index (χ0) is 14.1. The number of benzene rings is 1. The summed E-state index contributed by atoms with van der Waals surface area (Å²) in [5, 5.41) is 0. The van der Waals surface area contributed by atoms with E-state index in [9.17, 15) is 0 Å². The maximum absolute atomic E-state index is 5.74. The van der Waals surface area contributed by atoms with Gasteiger partial charge < -0.3 is 9.47 Å². The van der Waals surface area contributed by atoms with Crippen LogP contribution in [0.5, 0.6) is 5.75 Å². The molecule has 0 saturated carbocycles. The Hall–Kier alpha value is -1.02. The Balaban J connectivity index is 2.27. The molecule has 0 fully saturated rings. The lowest BCUT2D eigenvalue weighted by atomic mass is 10.1. The molecule has 0 aliphatic rings. The van der Waals surface area contributed by atoms with Crippen LogP contribution in [0.4, 0.5) is 0 Å². The Morgan fingerprint density at radius 3 is 2.26 bits per heavy atom. The van der Waals surface area contributed by atoms with Crippen LogP contribution in [0.25, 0.3) is 0 Å². The zero-order valence-corrected chi connectivity index (χ0v) is 12.8. The predicted octanol–water partition coefficient (Wildman–Crippen LogP) is 4.33. The molecule has 1 unspecified atom stereocenters. The molecule has 0 saturated heterocycles. The third kappa shape index (κ3) is 7.22. The first kappa shape index (κ1) is 16.0. The summed E-state index contributed by atoms with van der Waals surface area (Å²) >= 11 is 0. The molecular weight excluding hydrogens is 236 g/mol. The van der Waals surface area contributed by atoms with Gasteiger partial charge in [-0.15, -0.1) is 0 Å². The topological polar surface area (TPSA) is 18.5 Å². The van der Waals surface area contributed by atoms with Crippen LogP contribution in [0.2, 0.25) is 0 Å². The molecule has 2 nitrogen and oxygen atoms in total. The van der Waals surface area contributed by atoms with Gasteiger partial charge in [-0.1, -0.05) is 46.2 Å². The quantitative estimate of drug-likeness (QED) is 0.618. The Morgan fingerprint density at radius 2 is 1.68 bits per heavy atom. The molecule has 2 heteroatoms. The number of hydrogen-bond acceptors (Lipinski definition) is 2. The molecule has 0 N–H and O–H groups in total. The molecule has 0 bridgehead atoms. The highest BCUT2D eigenvalue weighted by molar-refractivity contribution is 5.27. The standard InChI is InChI=1S/C17H28O2/c1-5-15(4)13-19-17-8-6-16(7-9-17)10-11-18-12-14(2)3/h6-9,14-15H,5,10-13H2,1-4H3. The minimum atomic E-state index is 0.608. The Morgan fingerprint density at radius 1 is 1.00 bits per heavy atom. The maximum Gasteiger partial charge on any atom is 0.119 e. The molecular formula is C17H28O2. The summed E-state index contributed by atoms with van der Waals surface area (Å²) in [6.45, 7) is 11.2. The summed E-state index contributed by atoms with van der Waals surface area (Å²) < 4.78 is 11.3. The van der Waals surface area contributed by atoms with Crippen LogP contribution in [-0.4, -0.2) is 19.8 Å². The van der Waals surface area contributed by atoms with Gasteiger partial charge in [-0.25, -0.2) is 0 Å². The minimum Gasteiger partial charge on any atom is -0.493 e. The van der Waals surface area contributed by atoms with Crippen molar-refractivity contribution in [2.75, 3.05) is 19.8 Å². The summed E-state index contributed by atoms with van der Waals surface area (Å²) in [7, 11) is 0. The van der Waals surface area contributed by atoms with Crippen molar-refractivity contribution in [1.82, 2.24) is 0 Å². The lowest BCUT2D eigenvalue weighted by Crippen LogP contribution is -2.07. The average molecular weight is 264 g/mol. The first-order valence-corrected chi connectivity index (χ1v) is 7.41. The summed E-state index contributed by atoms with van der Waals surface area (Å²) in [4.78, 5) is 0. The van der Waals surface area contributed by atoms with Gasteiger partial charge >= 0.3 is 0 Å². The molecule has 0 aliphatic heterocycles. The molecule has 1 aromatic rings. The smallest absolute Gasteiger partial charge is 0.119 e. The second-order valence-electron chi connectivity index (χ2n) is 5.69. The van der Waals surface area contributed by atoms with Crippen molar-refractivity contribution >= 4 is 0 Å². The SMILES string of the molecule is CCC(C)COc1ccc(CCOCC(C)C)cc1. The molecule has 0 spiro atoms. The van der Waals surface area contributed by atoms with Crippen LogP contribution in [0, 0.1) is 11.8 Å². The Bertz CT molecular complexity index is 330. The lowest BCUT2D eigenvalue weighted by Gasteiger charge is -2.11. The zero-order valence-electron chi connectivity index (χ0n) is 12.8. The number of ether oxygens (including phenoxy) is 2. The van der Waals surface area contributed by atoms with E-state index in [4.69, 9.17) is 9.47 Å². The summed E-state index contributed by atoms with van der Waals surface area (Å²) in [6, 6.07) is 8.37. The van der Waals surface area contributed by atoms with Crippen molar-refractivity contribution in [1.29, 1.82) is 0 Å². The van der Waals surface area contributed by atoms with Crippen molar-refractivity contribution in [2.45, 2.75) is 40.5 Å². The predicted molar refractivity (Wildman–Crippen MR) is 80.8 cm³/mol. The molecule has 0 aliphatic carbocycles. The normalized spacial score (nSPS) is 12.7. The van der Waals surface area contributed by atoms with Gasteiger partial charge in [-0.2, -0.15) is 0 Å². The van der Waals surface area contributed by atoms with Gasteiger partial charge in [-0.3, -0.25) is 0 Å². The second kappa shape index (κ2) is 8.98. The van der Waals surface area contributed by atoms with Crippen LogP contribution >= 0.6 is 0 Å². The highest BCUT2D eigenvalue weighted by Gasteiger charge is 2.01.